The van der Waals surface area contributed by atoms with Crippen molar-refractivity contribution in [3.63, 3.8) is 0 Å². The van der Waals surface area contributed by atoms with Crippen LogP contribution in [0.15, 0.2) is 0 Å². The highest BCUT2D eigenvalue weighted by molar-refractivity contribution is 7.91. The molecule has 1 N–H and O–H groups in total. The Hall–Kier alpha value is -1.11. The van der Waals surface area contributed by atoms with E-state index in [-0.39, 0.29) is 35.3 Å². The average Bonchev–Trinajstić information content (AvgIpc) is 2.68. The lowest BCUT2D eigenvalue weighted by molar-refractivity contribution is -0.134. The van der Waals surface area contributed by atoms with E-state index in [4.69, 9.17) is 0 Å². The molecule has 2 amide bonds. The van der Waals surface area contributed by atoms with Gasteiger partial charge < -0.3 is 10.2 Å². The standard InChI is InChI=1S/C12H20N2O4S/c1-9(15)14-5-2-3-10(7-14)12(16)13-11-4-6-19(17,18)8-11/h10-11H,2-8H2,1H3,(H,13,16)/t10-,11+/m0/s1. The molecule has 2 heterocycles. The summed E-state index contributed by atoms with van der Waals surface area (Å²) in [6.07, 6.45) is 2.08. The maximum Gasteiger partial charge on any atom is 0.225 e. The second kappa shape index (κ2) is 5.48. The lowest BCUT2D eigenvalue weighted by atomic mass is 9.96. The second-order valence-corrected chi connectivity index (χ2v) is 7.64. The summed E-state index contributed by atoms with van der Waals surface area (Å²) in [6, 6.07) is -0.259. The van der Waals surface area contributed by atoms with Gasteiger partial charge in [-0.2, -0.15) is 0 Å². The highest BCUT2D eigenvalue weighted by atomic mass is 32.2. The molecule has 0 saturated carbocycles. The minimum Gasteiger partial charge on any atom is -0.352 e. The van der Waals surface area contributed by atoms with Crippen LogP contribution in [0, 0.1) is 5.92 Å². The third kappa shape index (κ3) is 3.68. The van der Waals surface area contributed by atoms with Gasteiger partial charge in [-0.3, -0.25) is 9.59 Å². The molecule has 0 aliphatic carbocycles. The normalized spacial score (nSPS) is 30.1. The van der Waals surface area contributed by atoms with Crippen molar-refractivity contribution in [3.05, 3.63) is 0 Å². The average molecular weight is 288 g/mol. The van der Waals surface area contributed by atoms with Crippen LogP contribution < -0.4 is 5.32 Å². The van der Waals surface area contributed by atoms with E-state index in [1.54, 1.807) is 4.90 Å². The molecule has 0 aromatic carbocycles. The Labute approximate surface area is 113 Å². The molecule has 0 spiro atoms. The first-order valence-corrected chi connectivity index (χ1v) is 8.46. The Morgan fingerprint density at radius 2 is 2.00 bits per heavy atom. The minimum atomic E-state index is -2.98. The van der Waals surface area contributed by atoms with Crippen LogP contribution in [0.3, 0.4) is 0 Å². The largest absolute Gasteiger partial charge is 0.352 e. The SMILES string of the molecule is CC(=O)N1CCC[C@H](C(=O)N[C@@H]2CCS(=O)(=O)C2)C1. The zero-order valence-corrected chi connectivity index (χ0v) is 11.9. The molecule has 108 valence electrons. The molecule has 6 nitrogen and oxygen atoms in total. The van der Waals surface area contributed by atoms with Crippen molar-refractivity contribution >= 4 is 21.7 Å². The number of piperidine rings is 1. The maximum absolute atomic E-state index is 12.1. The van der Waals surface area contributed by atoms with Gasteiger partial charge in [0.25, 0.3) is 0 Å². The summed E-state index contributed by atoms with van der Waals surface area (Å²) in [4.78, 5) is 25.1. The van der Waals surface area contributed by atoms with E-state index < -0.39 is 9.84 Å². The number of hydrogen-bond donors (Lipinski definition) is 1. The maximum atomic E-state index is 12.1. The number of sulfone groups is 1. The second-order valence-electron chi connectivity index (χ2n) is 5.41. The van der Waals surface area contributed by atoms with Crippen LogP contribution in [0.5, 0.6) is 0 Å². The molecule has 0 bridgehead atoms. The van der Waals surface area contributed by atoms with Crippen molar-refractivity contribution in [2.75, 3.05) is 24.6 Å². The predicted molar refractivity (Wildman–Crippen MR) is 70.2 cm³/mol. The van der Waals surface area contributed by atoms with E-state index in [0.29, 0.717) is 19.5 Å². The summed E-state index contributed by atoms with van der Waals surface area (Å²) in [7, 11) is -2.98. The van der Waals surface area contributed by atoms with Gasteiger partial charge in [0, 0.05) is 26.1 Å². The van der Waals surface area contributed by atoms with Crippen LogP contribution in [0.2, 0.25) is 0 Å². The molecule has 0 radical (unpaired) electrons. The summed E-state index contributed by atoms with van der Waals surface area (Å²) in [5.41, 5.74) is 0. The van der Waals surface area contributed by atoms with Gasteiger partial charge in [0.1, 0.15) is 0 Å². The number of amides is 2. The van der Waals surface area contributed by atoms with Gasteiger partial charge in [-0.25, -0.2) is 8.42 Å². The first-order valence-electron chi connectivity index (χ1n) is 6.64. The van der Waals surface area contributed by atoms with Crippen LogP contribution in [-0.2, 0) is 19.4 Å². The number of rotatable bonds is 2. The van der Waals surface area contributed by atoms with Crippen LogP contribution >= 0.6 is 0 Å². The molecule has 0 unspecified atom stereocenters. The fraction of sp³-hybridized carbons (Fsp3) is 0.833. The number of hydrogen-bond acceptors (Lipinski definition) is 4. The summed E-state index contributed by atoms with van der Waals surface area (Å²) >= 11 is 0. The lowest BCUT2D eigenvalue weighted by Gasteiger charge is -2.31. The van der Waals surface area contributed by atoms with Crippen molar-refractivity contribution in [3.8, 4) is 0 Å². The Morgan fingerprint density at radius 3 is 2.58 bits per heavy atom. The Kier molecular flexibility index (Phi) is 4.13. The highest BCUT2D eigenvalue weighted by Gasteiger charge is 2.32. The summed E-state index contributed by atoms with van der Waals surface area (Å²) in [6.45, 7) is 2.65. The molecular weight excluding hydrogens is 268 g/mol. The van der Waals surface area contributed by atoms with Crippen molar-refractivity contribution < 1.29 is 18.0 Å². The molecule has 2 aliphatic rings. The molecule has 7 heteroatoms. The Morgan fingerprint density at radius 1 is 1.26 bits per heavy atom. The fourth-order valence-electron chi connectivity index (χ4n) is 2.71. The number of nitrogens with zero attached hydrogens (tertiary/aromatic N) is 1. The molecular formula is C12H20N2O4S. The Balaban J connectivity index is 1.88. The molecule has 2 saturated heterocycles. The molecule has 19 heavy (non-hydrogen) atoms. The van der Waals surface area contributed by atoms with Gasteiger partial charge in [-0.05, 0) is 19.3 Å². The zero-order chi connectivity index (χ0) is 14.0. The van der Waals surface area contributed by atoms with Gasteiger partial charge in [0.15, 0.2) is 9.84 Å². The topological polar surface area (TPSA) is 83.6 Å². The van der Waals surface area contributed by atoms with E-state index in [1.807, 2.05) is 0 Å². The minimum absolute atomic E-state index is 0.0130. The summed E-state index contributed by atoms with van der Waals surface area (Å²) in [5.74, 6) is -0.140. The quantitative estimate of drug-likeness (QED) is 0.746. The van der Waals surface area contributed by atoms with Crippen molar-refractivity contribution in [1.82, 2.24) is 10.2 Å². The van der Waals surface area contributed by atoms with E-state index >= 15 is 0 Å². The third-order valence-electron chi connectivity index (χ3n) is 3.82. The van der Waals surface area contributed by atoms with E-state index in [1.165, 1.54) is 6.92 Å². The first-order chi connectivity index (χ1) is 8.87. The van der Waals surface area contributed by atoms with Crippen molar-refractivity contribution in [2.45, 2.75) is 32.2 Å². The van der Waals surface area contributed by atoms with E-state index in [0.717, 1.165) is 12.8 Å². The molecule has 0 aromatic heterocycles. The van der Waals surface area contributed by atoms with Crippen LogP contribution in [-0.4, -0.2) is 55.8 Å². The molecule has 2 aliphatic heterocycles. The third-order valence-corrected chi connectivity index (χ3v) is 5.58. The van der Waals surface area contributed by atoms with E-state index in [9.17, 15) is 18.0 Å². The first kappa shape index (κ1) is 14.3. The van der Waals surface area contributed by atoms with Crippen LogP contribution in [0.4, 0.5) is 0 Å². The predicted octanol–water partition coefficient (Wildman–Crippen LogP) is -0.452. The van der Waals surface area contributed by atoms with Crippen molar-refractivity contribution in [2.24, 2.45) is 5.92 Å². The molecule has 2 fully saturated rings. The van der Waals surface area contributed by atoms with Gasteiger partial charge >= 0.3 is 0 Å². The number of carbonyl (C=O) groups is 2. The van der Waals surface area contributed by atoms with E-state index in [2.05, 4.69) is 5.32 Å². The Bertz CT molecular complexity index is 474. The monoisotopic (exact) mass is 288 g/mol. The van der Waals surface area contributed by atoms with Gasteiger partial charge in [0.05, 0.1) is 17.4 Å². The van der Waals surface area contributed by atoms with Crippen LogP contribution in [0.1, 0.15) is 26.2 Å². The summed E-state index contributed by atoms with van der Waals surface area (Å²) < 4.78 is 22.7. The number of likely N-dealkylation sites (tertiary alicyclic amines) is 1. The van der Waals surface area contributed by atoms with Gasteiger partial charge in [-0.15, -0.1) is 0 Å². The lowest BCUT2D eigenvalue weighted by Crippen LogP contribution is -2.47. The molecule has 0 aromatic rings. The zero-order valence-electron chi connectivity index (χ0n) is 11.1. The number of nitrogens with one attached hydrogen (secondary N) is 1. The highest BCUT2D eigenvalue weighted by Crippen LogP contribution is 2.18. The smallest absolute Gasteiger partial charge is 0.225 e. The fourth-order valence-corrected chi connectivity index (χ4v) is 4.38. The molecule has 2 rings (SSSR count). The van der Waals surface area contributed by atoms with Gasteiger partial charge in [0.2, 0.25) is 11.8 Å². The van der Waals surface area contributed by atoms with Crippen LogP contribution in [0.25, 0.3) is 0 Å². The molecule has 2 atom stereocenters. The van der Waals surface area contributed by atoms with Gasteiger partial charge in [-0.1, -0.05) is 0 Å². The van der Waals surface area contributed by atoms with Crippen molar-refractivity contribution in [1.29, 1.82) is 0 Å². The number of carbonyl (C=O) groups excluding carboxylic acids is 2. The summed E-state index contributed by atoms with van der Waals surface area (Å²) in [5, 5.41) is 2.81.